The summed E-state index contributed by atoms with van der Waals surface area (Å²) in [6, 6.07) is 18.4. The van der Waals surface area contributed by atoms with Crippen molar-refractivity contribution in [3.8, 4) is 17.2 Å². The molecule has 1 N–H and O–H groups in total. The molecule has 0 spiro atoms. The van der Waals surface area contributed by atoms with Crippen LogP contribution >= 0.6 is 0 Å². The molecule has 0 fully saturated rings. The maximum Gasteiger partial charge on any atom is 0.414 e. The lowest BCUT2D eigenvalue weighted by Crippen LogP contribution is -2.34. The van der Waals surface area contributed by atoms with Crippen molar-refractivity contribution in [1.82, 2.24) is 4.98 Å². The number of amides is 1. The SMILES string of the molecule is Cc1ccc(S(=O)(=O)OC[C@@H](O)COc2ccc3oc(-c4ccc(N(C)C(=O)OC(C)(C)C)cc4)nc3c2)cc1. The summed E-state index contributed by atoms with van der Waals surface area (Å²) in [6.07, 6.45) is -1.64. The number of aliphatic hydroxyl groups is 1. The lowest BCUT2D eigenvalue weighted by Gasteiger charge is -2.24. The first kappa shape index (κ1) is 29.1. The molecule has 0 saturated carbocycles. The lowest BCUT2D eigenvalue weighted by atomic mass is 10.2. The number of carbonyl (C=O) groups is 1. The van der Waals surface area contributed by atoms with Crippen LogP contribution in [-0.2, 0) is 19.0 Å². The molecule has 40 heavy (non-hydrogen) atoms. The van der Waals surface area contributed by atoms with E-state index in [9.17, 15) is 18.3 Å². The third-order valence-corrected chi connectivity index (χ3v) is 6.99. The standard InChI is InChI=1S/C29H32N2O8S/c1-19-6-13-24(14-7-19)40(34,35)37-18-22(32)17-36-23-12-15-26-25(16-23)30-27(38-26)20-8-10-21(11-9-20)31(5)28(33)39-29(2,3)4/h6-16,22,32H,17-18H2,1-5H3/t22-/m0/s1. The first-order chi connectivity index (χ1) is 18.8. The second kappa shape index (κ2) is 11.7. The average Bonchev–Trinajstić information content (AvgIpc) is 3.33. The van der Waals surface area contributed by atoms with E-state index in [1.165, 1.54) is 17.0 Å². The number of nitrogens with zero attached hydrogens (tertiary/aromatic N) is 2. The number of fused-ring (bicyclic) bond motifs is 1. The fourth-order valence-corrected chi connectivity index (χ4v) is 4.51. The van der Waals surface area contributed by atoms with Crippen LogP contribution in [0, 0.1) is 6.92 Å². The number of rotatable bonds is 9. The summed E-state index contributed by atoms with van der Waals surface area (Å²) in [5.41, 5.74) is 2.76. The Morgan fingerprint density at radius 3 is 2.35 bits per heavy atom. The highest BCUT2D eigenvalue weighted by Gasteiger charge is 2.21. The highest BCUT2D eigenvalue weighted by atomic mass is 32.2. The Hall–Kier alpha value is -3.93. The van der Waals surface area contributed by atoms with Gasteiger partial charge in [0, 0.05) is 24.4 Å². The molecule has 11 heteroatoms. The van der Waals surface area contributed by atoms with Crippen LogP contribution in [0.25, 0.3) is 22.6 Å². The summed E-state index contributed by atoms with van der Waals surface area (Å²) in [6.45, 7) is 6.63. The third-order valence-electron chi connectivity index (χ3n) is 5.70. The summed E-state index contributed by atoms with van der Waals surface area (Å²) in [4.78, 5) is 18.3. The summed E-state index contributed by atoms with van der Waals surface area (Å²) in [7, 11) is -2.36. The molecule has 0 radical (unpaired) electrons. The number of ether oxygens (including phenoxy) is 2. The molecule has 1 atom stereocenters. The van der Waals surface area contributed by atoms with E-state index >= 15 is 0 Å². The maximum atomic E-state index is 12.3. The molecule has 1 aromatic heterocycles. The van der Waals surface area contributed by atoms with Gasteiger partial charge in [0.25, 0.3) is 10.1 Å². The van der Waals surface area contributed by atoms with Gasteiger partial charge in [-0.1, -0.05) is 17.7 Å². The number of oxazole rings is 1. The van der Waals surface area contributed by atoms with Gasteiger partial charge in [-0.05, 0) is 76.2 Å². The minimum absolute atomic E-state index is 0.0169. The van der Waals surface area contributed by atoms with Gasteiger partial charge in [0.15, 0.2) is 5.58 Å². The van der Waals surface area contributed by atoms with Crippen molar-refractivity contribution in [3.05, 3.63) is 72.3 Å². The number of aromatic nitrogens is 1. The van der Waals surface area contributed by atoms with Crippen molar-refractivity contribution < 1.29 is 36.4 Å². The van der Waals surface area contributed by atoms with Gasteiger partial charge in [0.05, 0.1) is 11.5 Å². The molecule has 10 nitrogen and oxygen atoms in total. The molecule has 3 aromatic carbocycles. The van der Waals surface area contributed by atoms with E-state index in [2.05, 4.69) is 4.98 Å². The Morgan fingerprint density at radius 2 is 1.70 bits per heavy atom. The van der Waals surface area contributed by atoms with Gasteiger partial charge < -0.3 is 19.0 Å². The van der Waals surface area contributed by atoms with Crippen molar-refractivity contribution in [2.75, 3.05) is 25.2 Å². The quantitative estimate of drug-likeness (QED) is 0.267. The van der Waals surface area contributed by atoms with Crippen molar-refractivity contribution in [2.24, 2.45) is 0 Å². The summed E-state index contributed by atoms with van der Waals surface area (Å²) < 4.78 is 46.5. The van der Waals surface area contributed by atoms with Crippen molar-refractivity contribution in [1.29, 1.82) is 0 Å². The second-order valence-electron chi connectivity index (χ2n) is 10.3. The normalized spacial score (nSPS) is 12.8. The number of carbonyl (C=O) groups excluding carboxylic acids is 1. The molecule has 1 heterocycles. The highest BCUT2D eigenvalue weighted by Crippen LogP contribution is 2.29. The maximum absolute atomic E-state index is 12.3. The van der Waals surface area contributed by atoms with E-state index in [-0.39, 0.29) is 11.5 Å². The first-order valence-electron chi connectivity index (χ1n) is 12.6. The fourth-order valence-electron chi connectivity index (χ4n) is 3.57. The zero-order valence-corrected chi connectivity index (χ0v) is 23.8. The van der Waals surface area contributed by atoms with Crippen molar-refractivity contribution in [3.63, 3.8) is 0 Å². The Kier molecular flexibility index (Phi) is 8.48. The monoisotopic (exact) mass is 568 g/mol. The second-order valence-corrected chi connectivity index (χ2v) is 11.9. The molecular formula is C29H32N2O8S. The van der Waals surface area contributed by atoms with Crippen molar-refractivity contribution >= 4 is 33.0 Å². The number of hydrogen-bond acceptors (Lipinski definition) is 9. The first-order valence-corrected chi connectivity index (χ1v) is 14.0. The van der Waals surface area contributed by atoms with E-state index < -0.39 is 34.5 Å². The van der Waals surface area contributed by atoms with E-state index in [1.54, 1.807) is 61.6 Å². The third kappa shape index (κ3) is 7.38. The molecule has 212 valence electrons. The van der Waals surface area contributed by atoms with Gasteiger partial charge in [-0.2, -0.15) is 8.42 Å². The molecule has 0 unspecified atom stereocenters. The Balaban J connectivity index is 1.35. The molecule has 0 saturated heterocycles. The molecule has 0 aliphatic heterocycles. The molecule has 0 aliphatic rings. The predicted octanol–water partition coefficient (Wildman–Crippen LogP) is 5.32. The number of hydrogen-bond donors (Lipinski definition) is 1. The van der Waals surface area contributed by atoms with Gasteiger partial charge in [-0.15, -0.1) is 0 Å². The van der Waals surface area contributed by atoms with Gasteiger partial charge in [-0.3, -0.25) is 9.08 Å². The minimum Gasteiger partial charge on any atom is -0.491 e. The van der Waals surface area contributed by atoms with Crippen LogP contribution in [0.1, 0.15) is 26.3 Å². The topological polar surface area (TPSA) is 128 Å². The molecule has 0 aliphatic carbocycles. The lowest BCUT2D eigenvalue weighted by molar-refractivity contribution is 0.0589. The smallest absolute Gasteiger partial charge is 0.414 e. The van der Waals surface area contributed by atoms with Crippen LogP contribution < -0.4 is 9.64 Å². The van der Waals surface area contributed by atoms with Crippen LogP contribution in [0.3, 0.4) is 0 Å². The molecule has 4 aromatic rings. The van der Waals surface area contributed by atoms with Gasteiger partial charge in [-0.25, -0.2) is 9.78 Å². The molecule has 1 amide bonds. The predicted molar refractivity (Wildman–Crippen MR) is 150 cm³/mol. The van der Waals surface area contributed by atoms with E-state index in [0.29, 0.717) is 34.0 Å². The Labute approximate surface area is 233 Å². The molecule has 0 bridgehead atoms. The van der Waals surface area contributed by atoms with Crippen LogP contribution in [0.2, 0.25) is 0 Å². The molecular weight excluding hydrogens is 536 g/mol. The summed E-state index contributed by atoms with van der Waals surface area (Å²) >= 11 is 0. The highest BCUT2D eigenvalue weighted by molar-refractivity contribution is 7.86. The molecule has 4 rings (SSSR count). The largest absolute Gasteiger partial charge is 0.491 e. The van der Waals surface area contributed by atoms with Gasteiger partial charge in [0.1, 0.15) is 29.6 Å². The number of anilines is 1. The van der Waals surface area contributed by atoms with E-state index in [4.69, 9.17) is 18.1 Å². The van der Waals surface area contributed by atoms with E-state index in [0.717, 1.165) is 5.56 Å². The summed E-state index contributed by atoms with van der Waals surface area (Å²) in [5, 5.41) is 10.2. The van der Waals surface area contributed by atoms with E-state index in [1.807, 2.05) is 27.7 Å². The number of aryl methyl sites for hydroxylation is 1. The van der Waals surface area contributed by atoms with Crippen molar-refractivity contribution in [2.45, 2.75) is 44.3 Å². The van der Waals surface area contributed by atoms with Crippen LogP contribution in [0.5, 0.6) is 5.75 Å². The van der Waals surface area contributed by atoms with Crippen LogP contribution in [-0.4, -0.2) is 56.6 Å². The fraction of sp³-hybridized carbons (Fsp3) is 0.310. The van der Waals surface area contributed by atoms with Crippen LogP contribution in [0.15, 0.2) is 76.0 Å². The Bertz CT molecular complexity index is 1570. The summed E-state index contributed by atoms with van der Waals surface area (Å²) in [5.74, 6) is 0.801. The zero-order valence-electron chi connectivity index (χ0n) is 23.0. The Morgan fingerprint density at radius 1 is 1.02 bits per heavy atom. The number of aliphatic hydroxyl groups excluding tert-OH is 1. The average molecular weight is 569 g/mol. The van der Waals surface area contributed by atoms with Crippen LogP contribution in [0.4, 0.5) is 10.5 Å². The number of benzene rings is 3. The van der Waals surface area contributed by atoms with Gasteiger partial charge >= 0.3 is 6.09 Å². The van der Waals surface area contributed by atoms with Gasteiger partial charge in [0.2, 0.25) is 5.89 Å². The zero-order chi connectivity index (χ0) is 29.1. The minimum atomic E-state index is -3.99.